The van der Waals surface area contributed by atoms with Crippen molar-refractivity contribution in [1.82, 2.24) is 0 Å². The van der Waals surface area contributed by atoms with E-state index in [0.717, 1.165) is 23.0 Å². The third-order valence-corrected chi connectivity index (χ3v) is 4.71. The van der Waals surface area contributed by atoms with Crippen molar-refractivity contribution in [3.05, 3.63) is 95.0 Å². The van der Waals surface area contributed by atoms with Crippen LogP contribution in [-0.4, -0.2) is 23.8 Å². The molecular weight excluding hydrogens is 566 g/mol. The molecule has 0 aromatic heterocycles. The number of rotatable bonds is 7. The number of benzene rings is 2. The van der Waals surface area contributed by atoms with Gasteiger partial charge in [-0.1, -0.05) is 93.4 Å². The van der Waals surface area contributed by atoms with Gasteiger partial charge < -0.3 is 9.47 Å². The highest BCUT2D eigenvalue weighted by atomic mass is 79.9. The molecule has 2 rings (SSSR count). The molecule has 0 aliphatic carbocycles. The van der Waals surface area contributed by atoms with E-state index in [-0.39, 0.29) is 17.5 Å². The molecule has 0 spiro atoms. The van der Waals surface area contributed by atoms with Crippen LogP contribution in [-0.2, 0) is 32.2 Å². The number of carbonyl (C=O) groups excluding carboxylic acids is 2. The number of ether oxygens (including phenoxy) is 2. The van der Waals surface area contributed by atoms with E-state index in [1.807, 2.05) is 96.3 Å². The quantitative estimate of drug-likeness (QED) is 0.176. The van der Waals surface area contributed by atoms with Gasteiger partial charge in [-0.25, -0.2) is 0 Å². The molecule has 0 aliphatic heterocycles. The number of hydrogen-bond donors (Lipinski definition) is 0. The summed E-state index contributed by atoms with van der Waals surface area (Å²) in [5.41, 5.74) is 3.14. The van der Waals surface area contributed by atoms with Crippen molar-refractivity contribution in [2.45, 2.75) is 100 Å². The Hall–Kier alpha value is -2.99. The highest BCUT2D eigenvalue weighted by molar-refractivity contribution is 9.12. The third kappa shape index (κ3) is 31.2. The normalized spacial score (nSPS) is 10.2. The summed E-state index contributed by atoms with van der Waals surface area (Å²) in [6, 6.07) is 18.1. The molecule has 0 atom stereocenters. The lowest BCUT2D eigenvalue weighted by molar-refractivity contribution is -0.154. The fourth-order valence-corrected chi connectivity index (χ4v) is 2.51. The summed E-state index contributed by atoms with van der Waals surface area (Å²) in [5.74, 6) is -0.342. The minimum Gasteiger partial charge on any atom is -0.461 e. The molecule has 0 N–H and O–H groups in total. The van der Waals surface area contributed by atoms with Gasteiger partial charge in [-0.3, -0.25) is 14.6 Å². The third-order valence-electron chi connectivity index (χ3n) is 4.04. The average molecular weight is 619 g/mol. The van der Waals surface area contributed by atoms with Crippen LogP contribution in [0.5, 0.6) is 0 Å². The molecule has 5 nitrogen and oxygen atoms in total. The maximum Gasteiger partial charge on any atom is 0.306 e. The van der Waals surface area contributed by atoms with Gasteiger partial charge in [0.1, 0.15) is 12.2 Å². The minimum atomic E-state index is -0.327. The predicted octanol–water partition coefficient (Wildman–Crippen LogP) is 9.96. The van der Waals surface area contributed by atoms with Gasteiger partial charge in [0.25, 0.3) is 0 Å². The fraction of sp³-hybridized carbons (Fsp3) is 0.441. The van der Waals surface area contributed by atoms with Crippen LogP contribution in [0.3, 0.4) is 0 Å². The van der Waals surface area contributed by atoms with Gasteiger partial charge in [0, 0.05) is 24.0 Å². The molecule has 0 amide bonds. The van der Waals surface area contributed by atoms with Crippen molar-refractivity contribution in [2.75, 3.05) is 0 Å². The van der Waals surface area contributed by atoms with E-state index in [0.29, 0.717) is 13.0 Å². The smallest absolute Gasteiger partial charge is 0.306 e. The Morgan fingerprint density at radius 1 is 0.950 bits per heavy atom. The summed E-state index contributed by atoms with van der Waals surface area (Å²) in [6.45, 7) is 24.4. The summed E-state index contributed by atoms with van der Waals surface area (Å²) in [5, 5.41) is 0. The summed E-state index contributed by atoms with van der Waals surface area (Å²) >= 11 is 3.36. The Balaban J connectivity index is -0.000000477. The highest BCUT2D eigenvalue weighted by Crippen LogP contribution is 2.08. The SMILES string of the molecule is C/C=C(/Br)C=NCc1ccccc1.C=C.CC(=O)OCc1ccc(C)cc1.CCC.CCCC(=O)OC(C)(C)C. The Bertz CT molecular complexity index is 946. The molecule has 0 saturated carbocycles. The van der Waals surface area contributed by atoms with Crippen LogP contribution in [0, 0.1) is 6.92 Å². The second-order valence-electron chi connectivity index (χ2n) is 9.44. The van der Waals surface area contributed by atoms with Gasteiger partial charge in [-0.15, -0.1) is 13.2 Å². The van der Waals surface area contributed by atoms with Crippen molar-refractivity contribution >= 4 is 34.1 Å². The van der Waals surface area contributed by atoms with E-state index in [1.165, 1.54) is 24.5 Å². The number of allylic oxidation sites excluding steroid dienone is 2. The van der Waals surface area contributed by atoms with Crippen molar-refractivity contribution in [3.63, 3.8) is 0 Å². The molecule has 0 bridgehead atoms. The van der Waals surface area contributed by atoms with Gasteiger partial charge in [-0.2, -0.15) is 0 Å². The number of carbonyl (C=O) groups is 2. The number of nitrogens with zero attached hydrogens (tertiary/aromatic N) is 1. The van der Waals surface area contributed by atoms with E-state index >= 15 is 0 Å². The highest BCUT2D eigenvalue weighted by Gasteiger charge is 2.14. The molecule has 0 unspecified atom stereocenters. The van der Waals surface area contributed by atoms with Gasteiger partial charge in [0.2, 0.25) is 0 Å². The van der Waals surface area contributed by atoms with Gasteiger partial charge >= 0.3 is 11.9 Å². The fourth-order valence-electron chi connectivity index (χ4n) is 2.36. The molecule has 2 aromatic carbocycles. The number of aryl methyl sites for hydroxylation is 1. The second kappa shape index (κ2) is 27.6. The lowest BCUT2D eigenvalue weighted by Crippen LogP contribution is -2.23. The van der Waals surface area contributed by atoms with Gasteiger partial charge in [0.15, 0.2) is 0 Å². The predicted molar refractivity (Wildman–Crippen MR) is 176 cm³/mol. The van der Waals surface area contributed by atoms with Crippen molar-refractivity contribution in [2.24, 2.45) is 4.99 Å². The monoisotopic (exact) mass is 617 g/mol. The molecule has 40 heavy (non-hydrogen) atoms. The zero-order valence-electron chi connectivity index (χ0n) is 26.3. The van der Waals surface area contributed by atoms with Gasteiger partial charge in [-0.05, 0) is 68.1 Å². The number of halogens is 1. The minimum absolute atomic E-state index is 0.102. The Morgan fingerprint density at radius 2 is 1.48 bits per heavy atom. The summed E-state index contributed by atoms with van der Waals surface area (Å²) in [7, 11) is 0. The molecule has 6 heteroatoms. The summed E-state index contributed by atoms with van der Waals surface area (Å²) < 4.78 is 10.9. The first-order valence-corrected chi connectivity index (χ1v) is 14.4. The van der Waals surface area contributed by atoms with E-state index in [1.54, 1.807) is 0 Å². The Labute approximate surface area is 252 Å². The number of hydrogen-bond acceptors (Lipinski definition) is 5. The molecular formula is C34H52BrNO4. The first-order chi connectivity index (χ1) is 18.9. The summed E-state index contributed by atoms with van der Waals surface area (Å²) in [4.78, 5) is 25.6. The molecule has 0 aliphatic rings. The first-order valence-electron chi connectivity index (χ1n) is 13.6. The molecule has 0 heterocycles. The van der Waals surface area contributed by atoms with Crippen molar-refractivity contribution in [1.29, 1.82) is 0 Å². The van der Waals surface area contributed by atoms with Crippen LogP contribution in [0.25, 0.3) is 0 Å². The standard InChI is InChI=1S/C11H12BrN.C10H12O2.C8H16O2.C3H8.C2H4/c1-2-11(12)9-13-8-10-6-4-3-5-7-10;1-8-3-5-10(6-4-8)7-12-9(2)11;1-5-6-7(9)10-8(2,3)4;1-3-2;1-2/h2-7,9H,8H2,1H3;3-6H,7H2,1-2H3;5-6H2,1-4H3;3H2,1-2H3;1-2H2/b11-2+,13-9?;;;;. The first kappa shape index (κ1) is 41.5. The van der Waals surface area contributed by atoms with Crippen LogP contribution in [0.15, 0.2) is 83.3 Å². The molecule has 0 fully saturated rings. The van der Waals surface area contributed by atoms with E-state index in [4.69, 9.17) is 9.47 Å². The lowest BCUT2D eigenvalue weighted by Gasteiger charge is -2.18. The van der Waals surface area contributed by atoms with E-state index in [9.17, 15) is 9.59 Å². The largest absolute Gasteiger partial charge is 0.461 e. The molecule has 2 aromatic rings. The van der Waals surface area contributed by atoms with Crippen LogP contribution in [0.1, 0.15) is 91.3 Å². The van der Waals surface area contributed by atoms with Crippen LogP contribution in [0.2, 0.25) is 0 Å². The maximum atomic E-state index is 10.8. The maximum absolute atomic E-state index is 10.8. The van der Waals surface area contributed by atoms with Crippen LogP contribution >= 0.6 is 15.9 Å². The zero-order chi connectivity index (χ0) is 31.4. The number of aliphatic imine (C=N–C) groups is 1. The average Bonchev–Trinajstić information content (AvgIpc) is 2.90. The van der Waals surface area contributed by atoms with Crippen LogP contribution in [0.4, 0.5) is 0 Å². The van der Waals surface area contributed by atoms with Crippen molar-refractivity contribution < 1.29 is 19.1 Å². The van der Waals surface area contributed by atoms with E-state index in [2.05, 4.69) is 60.1 Å². The lowest BCUT2D eigenvalue weighted by atomic mass is 10.2. The Morgan fingerprint density at radius 3 is 1.90 bits per heavy atom. The number of esters is 2. The van der Waals surface area contributed by atoms with Crippen molar-refractivity contribution in [3.8, 4) is 0 Å². The second-order valence-corrected chi connectivity index (χ2v) is 10.4. The van der Waals surface area contributed by atoms with Gasteiger partial charge in [0.05, 0.1) is 6.54 Å². The summed E-state index contributed by atoms with van der Waals surface area (Å²) in [6.07, 6.45) is 6.42. The molecule has 224 valence electrons. The van der Waals surface area contributed by atoms with Crippen LogP contribution < -0.4 is 0 Å². The topological polar surface area (TPSA) is 65.0 Å². The molecule has 0 radical (unpaired) electrons. The molecule has 0 saturated heterocycles. The Kier molecular flexibility index (Phi) is 28.6. The van der Waals surface area contributed by atoms with E-state index < -0.39 is 0 Å². The zero-order valence-corrected chi connectivity index (χ0v) is 27.8.